The summed E-state index contributed by atoms with van der Waals surface area (Å²) in [6.45, 7) is 4.07. The van der Waals surface area contributed by atoms with Crippen LogP contribution in [0.5, 0.6) is 5.88 Å². The van der Waals surface area contributed by atoms with Gasteiger partial charge in [0, 0.05) is 30.8 Å². The number of hydrogen-bond donors (Lipinski definition) is 2. The van der Waals surface area contributed by atoms with Crippen LogP contribution in [0.25, 0.3) is 0 Å². The van der Waals surface area contributed by atoms with Crippen LogP contribution in [0.3, 0.4) is 0 Å². The molecule has 0 bridgehead atoms. The van der Waals surface area contributed by atoms with Crippen LogP contribution in [0.2, 0.25) is 5.02 Å². The molecule has 1 aromatic heterocycles. The van der Waals surface area contributed by atoms with Crippen LogP contribution < -0.4 is 20.5 Å². The highest BCUT2D eigenvalue weighted by molar-refractivity contribution is 6.31. The first-order valence-electron chi connectivity index (χ1n) is 9.30. The third-order valence-corrected chi connectivity index (χ3v) is 5.03. The number of benzene rings is 1. The average Bonchev–Trinajstić information content (AvgIpc) is 3.11. The lowest BCUT2D eigenvalue weighted by Gasteiger charge is -2.25. The fraction of sp³-hybridized carbons (Fsp3) is 0.421. The Morgan fingerprint density at radius 1 is 1.43 bits per heavy atom. The van der Waals surface area contributed by atoms with Crippen molar-refractivity contribution in [3.8, 4) is 5.88 Å². The van der Waals surface area contributed by atoms with Crippen LogP contribution in [0.4, 0.5) is 19.5 Å². The predicted molar refractivity (Wildman–Crippen MR) is 106 cm³/mol. The van der Waals surface area contributed by atoms with Crippen molar-refractivity contribution >= 4 is 23.6 Å². The summed E-state index contributed by atoms with van der Waals surface area (Å²) in [6.07, 6.45) is -0.586. The molecule has 11 heteroatoms. The molecule has 2 N–H and O–H groups in total. The minimum Gasteiger partial charge on any atom is -0.471 e. The van der Waals surface area contributed by atoms with Gasteiger partial charge in [-0.25, -0.2) is 13.6 Å². The first kappa shape index (κ1) is 21.8. The summed E-state index contributed by atoms with van der Waals surface area (Å²) in [4.78, 5) is 29.9. The minimum atomic E-state index is -1.13. The van der Waals surface area contributed by atoms with E-state index in [1.54, 1.807) is 18.7 Å². The topological polar surface area (TPSA) is 96.7 Å². The van der Waals surface area contributed by atoms with Crippen molar-refractivity contribution in [2.45, 2.75) is 39.0 Å². The molecule has 0 radical (unpaired) electrons. The van der Waals surface area contributed by atoms with Gasteiger partial charge >= 0.3 is 6.09 Å². The van der Waals surface area contributed by atoms with Crippen LogP contribution in [0, 0.1) is 11.6 Å². The van der Waals surface area contributed by atoms with Crippen molar-refractivity contribution < 1.29 is 23.4 Å². The molecule has 1 amide bonds. The fourth-order valence-electron chi connectivity index (χ4n) is 3.29. The summed E-state index contributed by atoms with van der Waals surface area (Å²) in [7, 11) is 0. The largest absolute Gasteiger partial charge is 0.471 e. The van der Waals surface area contributed by atoms with E-state index in [4.69, 9.17) is 21.4 Å². The number of carboxylic acid groups (broad SMARTS) is 1. The quantitative estimate of drug-likeness (QED) is 0.713. The smallest absolute Gasteiger partial charge is 0.404 e. The SMILES string of the molecule is CC(C)n1c(N2CCC(NC(=O)O)C2)nc(OCc2ccc(F)cc2F)c(Cl)c1=O. The lowest BCUT2D eigenvalue weighted by molar-refractivity contribution is 0.191. The molecule has 0 saturated carbocycles. The molecule has 1 saturated heterocycles. The highest BCUT2D eigenvalue weighted by Gasteiger charge is 2.29. The molecule has 2 aromatic rings. The van der Waals surface area contributed by atoms with Crippen LogP contribution in [0.1, 0.15) is 31.9 Å². The summed E-state index contributed by atoms with van der Waals surface area (Å²) in [5, 5.41) is 11.1. The molecule has 162 valence electrons. The van der Waals surface area contributed by atoms with E-state index in [0.717, 1.165) is 12.1 Å². The Balaban J connectivity index is 1.91. The van der Waals surface area contributed by atoms with Crippen molar-refractivity contribution in [2.24, 2.45) is 0 Å². The molecule has 3 rings (SSSR count). The molecular weight excluding hydrogens is 422 g/mol. The molecule has 1 unspecified atom stereocenters. The normalized spacial score (nSPS) is 16.2. The summed E-state index contributed by atoms with van der Waals surface area (Å²) < 4.78 is 33.8. The minimum absolute atomic E-state index is 0.0794. The van der Waals surface area contributed by atoms with Crippen molar-refractivity contribution in [3.05, 3.63) is 50.8 Å². The van der Waals surface area contributed by atoms with Crippen molar-refractivity contribution in [2.75, 3.05) is 18.0 Å². The fourth-order valence-corrected chi connectivity index (χ4v) is 3.47. The molecular formula is C19H21ClF2N4O4. The van der Waals surface area contributed by atoms with Crippen LogP contribution in [0.15, 0.2) is 23.0 Å². The summed E-state index contributed by atoms with van der Waals surface area (Å²) in [5.74, 6) is -1.40. The zero-order valence-electron chi connectivity index (χ0n) is 16.4. The second-order valence-corrected chi connectivity index (χ2v) is 7.58. The number of aromatic nitrogens is 2. The average molecular weight is 443 g/mol. The van der Waals surface area contributed by atoms with Gasteiger partial charge in [0.2, 0.25) is 11.8 Å². The number of ether oxygens (including phenoxy) is 1. The number of rotatable bonds is 6. The molecule has 30 heavy (non-hydrogen) atoms. The van der Waals surface area contributed by atoms with Crippen LogP contribution >= 0.6 is 11.6 Å². The highest BCUT2D eigenvalue weighted by Crippen LogP contribution is 2.27. The van der Waals surface area contributed by atoms with Crippen LogP contribution in [-0.4, -0.2) is 39.9 Å². The molecule has 8 nitrogen and oxygen atoms in total. The van der Waals surface area contributed by atoms with Gasteiger partial charge in [0.05, 0.1) is 6.04 Å². The Hall–Kier alpha value is -2.88. The van der Waals surface area contributed by atoms with Gasteiger partial charge in [-0.05, 0) is 32.4 Å². The molecule has 1 atom stereocenters. The zero-order valence-corrected chi connectivity index (χ0v) is 17.1. The number of carbonyl (C=O) groups is 1. The second kappa shape index (κ2) is 8.86. The Morgan fingerprint density at radius 3 is 2.80 bits per heavy atom. The van der Waals surface area contributed by atoms with E-state index in [1.807, 2.05) is 0 Å². The maximum Gasteiger partial charge on any atom is 0.404 e. The molecule has 1 aliphatic heterocycles. The Morgan fingerprint density at radius 2 is 2.17 bits per heavy atom. The first-order valence-corrected chi connectivity index (χ1v) is 9.68. The van der Waals surface area contributed by atoms with Crippen molar-refractivity contribution in [1.29, 1.82) is 0 Å². The number of halogens is 3. The van der Waals surface area contributed by atoms with Gasteiger partial charge in [-0.15, -0.1) is 0 Å². The third-order valence-electron chi connectivity index (χ3n) is 4.71. The zero-order chi connectivity index (χ0) is 22.0. The maximum atomic E-state index is 13.9. The summed E-state index contributed by atoms with van der Waals surface area (Å²) >= 11 is 6.17. The van der Waals surface area contributed by atoms with E-state index < -0.39 is 23.3 Å². The molecule has 1 aliphatic rings. The Bertz CT molecular complexity index is 1010. The van der Waals surface area contributed by atoms with Crippen LogP contribution in [-0.2, 0) is 6.61 Å². The van der Waals surface area contributed by atoms with E-state index >= 15 is 0 Å². The van der Waals surface area contributed by atoms with Crippen molar-refractivity contribution in [3.63, 3.8) is 0 Å². The van der Waals surface area contributed by atoms with E-state index in [2.05, 4.69) is 10.3 Å². The van der Waals surface area contributed by atoms with Gasteiger partial charge in [-0.2, -0.15) is 4.98 Å². The van der Waals surface area contributed by atoms with Gasteiger partial charge in [0.1, 0.15) is 18.2 Å². The molecule has 0 spiro atoms. The number of hydrogen-bond acceptors (Lipinski definition) is 5. The highest BCUT2D eigenvalue weighted by atomic mass is 35.5. The van der Waals surface area contributed by atoms with Crippen molar-refractivity contribution in [1.82, 2.24) is 14.9 Å². The van der Waals surface area contributed by atoms with E-state index in [1.165, 1.54) is 10.6 Å². The first-order chi connectivity index (χ1) is 14.2. The standard InChI is InChI=1S/C19H21ClF2N4O4/c1-10(2)26-17(27)15(20)16(30-9-11-3-4-12(21)7-14(11)22)24-18(26)25-6-5-13(8-25)23-19(28)29/h3-4,7,10,13,23H,5-6,8-9H2,1-2H3,(H,28,29). The van der Waals surface area contributed by atoms with E-state index in [-0.39, 0.29) is 41.1 Å². The second-order valence-electron chi connectivity index (χ2n) is 7.21. The predicted octanol–water partition coefficient (Wildman–Crippen LogP) is 3.18. The van der Waals surface area contributed by atoms with Gasteiger partial charge in [-0.3, -0.25) is 9.36 Å². The number of anilines is 1. The van der Waals surface area contributed by atoms with Gasteiger partial charge < -0.3 is 20.1 Å². The van der Waals surface area contributed by atoms with Gasteiger partial charge in [0.25, 0.3) is 5.56 Å². The number of nitrogens with zero attached hydrogens (tertiary/aromatic N) is 3. The van der Waals surface area contributed by atoms with Gasteiger partial charge in [-0.1, -0.05) is 11.6 Å². The maximum absolute atomic E-state index is 13.9. The molecule has 1 aromatic carbocycles. The number of amides is 1. The lowest BCUT2D eigenvalue weighted by atomic mass is 10.2. The monoisotopic (exact) mass is 442 g/mol. The van der Waals surface area contributed by atoms with E-state index in [9.17, 15) is 18.4 Å². The number of nitrogens with one attached hydrogen (secondary N) is 1. The molecule has 1 fully saturated rings. The molecule has 2 heterocycles. The lowest BCUT2D eigenvalue weighted by Crippen LogP contribution is -2.38. The molecule has 0 aliphatic carbocycles. The Kier molecular flexibility index (Phi) is 6.45. The third kappa shape index (κ3) is 4.64. The Labute approximate surface area is 176 Å². The van der Waals surface area contributed by atoms with Gasteiger partial charge in [0.15, 0.2) is 5.02 Å². The summed E-state index contributed by atoms with van der Waals surface area (Å²) in [6, 6.07) is 2.48. The van der Waals surface area contributed by atoms with E-state index in [0.29, 0.717) is 19.5 Å². The summed E-state index contributed by atoms with van der Waals surface area (Å²) in [5.41, 5.74) is -0.448.